The average molecular weight is 320 g/mol. The fourth-order valence-electron chi connectivity index (χ4n) is 1.45. The molecule has 0 saturated heterocycles. The number of rotatable bonds is 4. The van der Waals surface area contributed by atoms with Gasteiger partial charge in [0.2, 0.25) is 0 Å². The van der Waals surface area contributed by atoms with Crippen LogP contribution >= 0.6 is 15.9 Å². The highest BCUT2D eigenvalue weighted by Crippen LogP contribution is 2.22. The molecule has 6 heteroatoms. The van der Waals surface area contributed by atoms with Crippen molar-refractivity contribution >= 4 is 33.5 Å². The Kier molecular flexibility index (Phi) is 4.25. The average Bonchev–Trinajstić information content (AvgIpc) is 2.41. The van der Waals surface area contributed by atoms with Gasteiger partial charge in [-0.1, -0.05) is 40.2 Å². The fraction of sp³-hybridized carbons (Fsp3) is 0. The highest BCUT2D eigenvalue weighted by atomic mass is 79.9. The summed E-state index contributed by atoms with van der Waals surface area (Å²) in [6.45, 7) is 0. The first-order chi connectivity index (χ1) is 9.16. The van der Waals surface area contributed by atoms with Gasteiger partial charge in [0, 0.05) is 10.5 Å². The zero-order valence-electron chi connectivity index (χ0n) is 9.79. The van der Waals surface area contributed by atoms with Crippen LogP contribution in [-0.2, 0) is 0 Å². The first-order valence-corrected chi connectivity index (χ1v) is 6.24. The molecule has 0 heterocycles. The van der Waals surface area contributed by atoms with Gasteiger partial charge in [-0.2, -0.15) is 5.10 Å². The number of halogens is 1. The van der Waals surface area contributed by atoms with Gasteiger partial charge in [-0.05, 0) is 23.8 Å². The summed E-state index contributed by atoms with van der Waals surface area (Å²) in [6.07, 6.45) is 1.60. The van der Waals surface area contributed by atoms with Crippen molar-refractivity contribution in [2.45, 2.75) is 0 Å². The zero-order chi connectivity index (χ0) is 13.7. The molecular formula is C13H10BrN3O2. The molecule has 0 amide bonds. The van der Waals surface area contributed by atoms with Crippen LogP contribution < -0.4 is 5.43 Å². The lowest BCUT2D eigenvalue weighted by Gasteiger charge is -2.01. The molecule has 0 atom stereocenters. The van der Waals surface area contributed by atoms with E-state index in [9.17, 15) is 10.1 Å². The molecule has 5 nitrogen and oxygen atoms in total. The third-order valence-corrected chi connectivity index (χ3v) is 2.90. The number of benzene rings is 2. The molecule has 2 rings (SSSR count). The molecule has 1 N–H and O–H groups in total. The molecular weight excluding hydrogens is 310 g/mol. The Morgan fingerprint density at radius 2 is 1.84 bits per heavy atom. The van der Waals surface area contributed by atoms with Crippen molar-refractivity contribution in [3.8, 4) is 0 Å². The van der Waals surface area contributed by atoms with Crippen molar-refractivity contribution in [3.63, 3.8) is 0 Å². The molecule has 2 aromatic carbocycles. The van der Waals surface area contributed by atoms with Crippen LogP contribution in [0, 0.1) is 10.1 Å². The van der Waals surface area contributed by atoms with E-state index in [0.717, 1.165) is 10.0 Å². The van der Waals surface area contributed by atoms with Gasteiger partial charge >= 0.3 is 0 Å². The Morgan fingerprint density at radius 1 is 1.16 bits per heavy atom. The number of hydrazone groups is 1. The van der Waals surface area contributed by atoms with E-state index in [4.69, 9.17) is 0 Å². The maximum absolute atomic E-state index is 10.8. The van der Waals surface area contributed by atoms with Gasteiger partial charge in [-0.3, -0.25) is 15.5 Å². The van der Waals surface area contributed by atoms with E-state index in [0.29, 0.717) is 5.69 Å². The second kappa shape index (κ2) is 6.10. The molecule has 0 fully saturated rings. The van der Waals surface area contributed by atoms with Crippen molar-refractivity contribution < 1.29 is 4.92 Å². The molecule has 19 heavy (non-hydrogen) atoms. The topological polar surface area (TPSA) is 67.5 Å². The third-order valence-electron chi connectivity index (χ3n) is 2.37. The maximum Gasteiger partial charge on any atom is 0.294 e. The first-order valence-electron chi connectivity index (χ1n) is 5.45. The lowest BCUT2D eigenvalue weighted by Crippen LogP contribution is -1.96. The Morgan fingerprint density at radius 3 is 2.53 bits per heavy atom. The van der Waals surface area contributed by atoms with Gasteiger partial charge < -0.3 is 0 Å². The number of para-hydroxylation sites is 2. The van der Waals surface area contributed by atoms with Gasteiger partial charge in [0.15, 0.2) is 0 Å². The first kappa shape index (κ1) is 13.2. The number of nitro groups is 1. The minimum absolute atomic E-state index is 0.00421. The number of anilines is 1. The number of nitrogens with zero attached hydrogens (tertiary/aromatic N) is 2. The minimum atomic E-state index is -0.447. The van der Waals surface area contributed by atoms with Crippen LogP contribution in [0.2, 0.25) is 0 Å². The van der Waals surface area contributed by atoms with Crippen LogP contribution in [0.3, 0.4) is 0 Å². The predicted molar refractivity (Wildman–Crippen MR) is 78.5 cm³/mol. The molecule has 0 spiro atoms. The Bertz CT molecular complexity index is 612. The summed E-state index contributed by atoms with van der Waals surface area (Å²) in [7, 11) is 0. The molecule has 2 aromatic rings. The largest absolute Gasteiger partial charge is 0.294 e. The molecule has 0 bridgehead atoms. The van der Waals surface area contributed by atoms with E-state index in [1.165, 1.54) is 6.07 Å². The van der Waals surface area contributed by atoms with E-state index in [2.05, 4.69) is 26.5 Å². The molecule has 0 aliphatic rings. The standard InChI is InChI=1S/C13H10BrN3O2/c14-11-7-5-10(6-8-11)9-15-16-12-3-1-2-4-13(12)17(18)19/h1-9,16H/b15-9-. The normalized spacial score (nSPS) is 10.6. The molecule has 0 saturated carbocycles. The second-order valence-corrected chi connectivity index (χ2v) is 4.61. The van der Waals surface area contributed by atoms with Crippen molar-refractivity contribution in [1.82, 2.24) is 0 Å². The van der Waals surface area contributed by atoms with E-state index >= 15 is 0 Å². The van der Waals surface area contributed by atoms with Crippen LogP contribution in [0.1, 0.15) is 5.56 Å². The van der Waals surface area contributed by atoms with Crippen molar-refractivity contribution in [3.05, 3.63) is 68.7 Å². The Hall–Kier alpha value is -2.21. The molecule has 96 valence electrons. The maximum atomic E-state index is 10.8. The molecule has 0 radical (unpaired) electrons. The van der Waals surface area contributed by atoms with E-state index in [-0.39, 0.29) is 5.69 Å². The summed E-state index contributed by atoms with van der Waals surface area (Å²) in [5, 5.41) is 14.8. The molecule has 0 unspecified atom stereocenters. The third kappa shape index (κ3) is 3.62. The summed E-state index contributed by atoms with van der Waals surface area (Å²) in [5.41, 5.74) is 3.93. The van der Waals surface area contributed by atoms with Gasteiger partial charge in [-0.15, -0.1) is 0 Å². The van der Waals surface area contributed by atoms with Crippen LogP contribution in [0.15, 0.2) is 58.1 Å². The zero-order valence-corrected chi connectivity index (χ0v) is 11.4. The lowest BCUT2D eigenvalue weighted by atomic mass is 10.2. The second-order valence-electron chi connectivity index (χ2n) is 3.70. The van der Waals surface area contributed by atoms with Crippen LogP contribution in [0.5, 0.6) is 0 Å². The van der Waals surface area contributed by atoms with Crippen molar-refractivity contribution in [2.24, 2.45) is 5.10 Å². The molecule has 0 aliphatic heterocycles. The summed E-state index contributed by atoms with van der Waals surface area (Å²) in [6, 6.07) is 13.9. The van der Waals surface area contributed by atoms with E-state index < -0.39 is 4.92 Å². The fourth-order valence-corrected chi connectivity index (χ4v) is 1.72. The Labute approximate surface area is 118 Å². The highest BCUT2D eigenvalue weighted by molar-refractivity contribution is 9.10. The summed E-state index contributed by atoms with van der Waals surface area (Å²) in [5.74, 6) is 0. The van der Waals surface area contributed by atoms with E-state index in [1.807, 2.05) is 24.3 Å². The van der Waals surface area contributed by atoms with Gasteiger partial charge in [-0.25, -0.2) is 0 Å². The number of hydrogen-bond donors (Lipinski definition) is 1. The molecule has 0 aliphatic carbocycles. The van der Waals surface area contributed by atoms with Gasteiger partial charge in [0.25, 0.3) is 5.69 Å². The predicted octanol–water partition coefficient (Wildman–Crippen LogP) is 3.80. The highest BCUT2D eigenvalue weighted by Gasteiger charge is 2.10. The number of nitro benzene ring substituents is 1. The van der Waals surface area contributed by atoms with Gasteiger partial charge in [0.1, 0.15) is 5.69 Å². The summed E-state index contributed by atoms with van der Waals surface area (Å²) >= 11 is 3.34. The van der Waals surface area contributed by atoms with Crippen LogP contribution in [0.25, 0.3) is 0 Å². The van der Waals surface area contributed by atoms with Crippen LogP contribution in [-0.4, -0.2) is 11.1 Å². The summed E-state index contributed by atoms with van der Waals surface area (Å²) in [4.78, 5) is 10.4. The monoisotopic (exact) mass is 319 g/mol. The lowest BCUT2D eigenvalue weighted by molar-refractivity contribution is -0.384. The minimum Gasteiger partial charge on any atom is -0.272 e. The van der Waals surface area contributed by atoms with Gasteiger partial charge in [0.05, 0.1) is 11.1 Å². The number of hydrogen-bond acceptors (Lipinski definition) is 4. The smallest absolute Gasteiger partial charge is 0.272 e. The SMILES string of the molecule is O=[N+]([O-])c1ccccc1N/N=C\c1ccc(Br)cc1. The molecule has 0 aromatic heterocycles. The Balaban J connectivity index is 2.10. The van der Waals surface area contributed by atoms with Crippen LogP contribution in [0.4, 0.5) is 11.4 Å². The van der Waals surface area contributed by atoms with Crippen molar-refractivity contribution in [2.75, 3.05) is 5.43 Å². The summed E-state index contributed by atoms with van der Waals surface area (Å²) < 4.78 is 0.983. The number of nitrogens with one attached hydrogen (secondary N) is 1. The van der Waals surface area contributed by atoms with Crippen molar-refractivity contribution in [1.29, 1.82) is 0 Å². The van der Waals surface area contributed by atoms with E-state index in [1.54, 1.807) is 24.4 Å². The quantitative estimate of drug-likeness (QED) is 0.529.